The van der Waals surface area contributed by atoms with Crippen LogP contribution < -0.4 is 15.2 Å². The van der Waals surface area contributed by atoms with E-state index in [2.05, 4.69) is 15.7 Å². The predicted octanol–water partition coefficient (Wildman–Crippen LogP) is 4.51. The van der Waals surface area contributed by atoms with Gasteiger partial charge in [-0.2, -0.15) is 0 Å². The first-order valence-corrected chi connectivity index (χ1v) is 10.7. The number of hydrogen-bond donors (Lipinski definition) is 1. The van der Waals surface area contributed by atoms with Gasteiger partial charge in [0.05, 0.1) is 17.7 Å². The number of nitrogens with one attached hydrogen (secondary N) is 1. The van der Waals surface area contributed by atoms with Crippen molar-refractivity contribution in [2.24, 2.45) is 0 Å². The zero-order chi connectivity index (χ0) is 24.0. The van der Waals surface area contributed by atoms with Gasteiger partial charge >= 0.3 is 0 Å². The number of ether oxygens (including phenoxy) is 1. The van der Waals surface area contributed by atoms with Crippen molar-refractivity contribution in [2.45, 2.75) is 19.8 Å². The first-order chi connectivity index (χ1) is 16.3. The van der Waals surface area contributed by atoms with Crippen LogP contribution in [-0.2, 0) is 0 Å². The number of benzene rings is 3. The van der Waals surface area contributed by atoms with Crippen LogP contribution in [0.1, 0.15) is 35.7 Å². The summed E-state index contributed by atoms with van der Waals surface area (Å²) in [4.78, 5) is 13.3. The van der Waals surface area contributed by atoms with Crippen LogP contribution in [0.2, 0.25) is 0 Å². The molecule has 1 aliphatic rings. The molecular weight excluding hydrogens is 447 g/mol. The second-order valence-electron chi connectivity index (χ2n) is 8.18. The van der Waals surface area contributed by atoms with Gasteiger partial charge in [-0.25, -0.2) is 17.9 Å². The zero-order valence-corrected chi connectivity index (χ0v) is 18.3. The molecule has 0 radical (unpaired) electrons. The lowest BCUT2D eigenvalue weighted by Gasteiger charge is -2.31. The van der Waals surface area contributed by atoms with Gasteiger partial charge in [-0.15, -0.1) is 5.10 Å². The first kappa shape index (κ1) is 21.7. The fourth-order valence-electron chi connectivity index (χ4n) is 4.14. The first-order valence-electron chi connectivity index (χ1n) is 10.7. The molecule has 34 heavy (non-hydrogen) atoms. The Hall–Kier alpha value is -4.08. The van der Waals surface area contributed by atoms with E-state index in [1.807, 2.05) is 38.1 Å². The number of amides is 1. The largest absolute Gasteiger partial charge is 0.489 e. The van der Waals surface area contributed by atoms with Gasteiger partial charge in [0.25, 0.3) is 5.91 Å². The standard InChI is InChI=1S/C24H20F3N5O2/c1-13(2)21-15(24(33)29-31-9-10-34-20-6-4-3-5-17(20)31)7-8-18-23(21)28-30-32(18)19-12-14(25)11-16(26)22(19)27/h3-8,11-13H,9-10H2,1-2H3,(H,29,33). The number of halogens is 3. The van der Waals surface area contributed by atoms with Crippen LogP contribution >= 0.6 is 0 Å². The normalized spacial score (nSPS) is 13.2. The monoisotopic (exact) mass is 467 g/mol. The molecule has 1 amide bonds. The topological polar surface area (TPSA) is 72.3 Å². The van der Waals surface area contributed by atoms with Crippen LogP contribution in [-0.4, -0.2) is 34.1 Å². The van der Waals surface area contributed by atoms with Crippen LogP contribution in [0.5, 0.6) is 5.75 Å². The van der Waals surface area contributed by atoms with Gasteiger partial charge in [0.15, 0.2) is 11.6 Å². The van der Waals surface area contributed by atoms with E-state index in [1.165, 1.54) is 6.07 Å². The average molecular weight is 467 g/mol. The van der Waals surface area contributed by atoms with E-state index in [4.69, 9.17) is 4.74 Å². The molecule has 0 aliphatic carbocycles. The number of nitrogens with zero attached hydrogens (tertiary/aromatic N) is 4. The molecule has 1 aliphatic heterocycles. The van der Waals surface area contributed by atoms with Gasteiger partial charge < -0.3 is 4.74 Å². The Labute approximate surface area is 192 Å². The van der Waals surface area contributed by atoms with E-state index < -0.39 is 23.1 Å². The number of fused-ring (bicyclic) bond motifs is 2. The molecule has 0 bridgehead atoms. The summed E-state index contributed by atoms with van der Waals surface area (Å²) in [5.41, 5.74) is 4.86. The summed E-state index contributed by atoms with van der Waals surface area (Å²) in [6.07, 6.45) is 0. The van der Waals surface area contributed by atoms with Gasteiger partial charge in [0, 0.05) is 17.7 Å². The Balaban J connectivity index is 1.56. The molecule has 0 saturated heterocycles. The molecule has 10 heteroatoms. The summed E-state index contributed by atoms with van der Waals surface area (Å²) in [6, 6.07) is 11.8. The van der Waals surface area contributed by atoms with Crippen LogP contribution in [0.25, 0.3) is 16.7 Å². The summed E-state index contributed by atoms with van der Waals surface area (Å²) in [7, 11) is 0. The zero-order valence-electron chi connectivity index (χ0n) is 18.3. The fraction of sp³-hybridized carbons (Fsp3) is 0.208. The van der Waals surface area contributed by atoms with Crippen LogP contribution in [0.3, 0.4) is 0 Å². The second-order valence-corrected chi connectivity index (χ2v) is 8.18. The minimum Gasteiger partial charge on any atom is -0.489 e. The van der Waals surface area contributed by atoms with Crippen molar-refractivity contribution in [3.8, 4) is 11.4 Å². The van der Waals surface area contributed by atoms with Gasteiger partial charge in [-0.1, -0.05) is 31.2 Å². The molecule has 3 aromatic carbocycles. The molecule has 0 atom stereocenters. The smallest absolute Gasteiger partial charge is 0.270 e. The maximum atomic E-state index is 14.4. The summed E-state index contributed by atoms with van der Waals surface area (Å²) in [5.74, 6) is -3.36. The summed E-state index contributed by atoms with van der Waals surface area (Å²) < 4.78 is 48.6. The Morgan fingerprint density at radius 1 is 1.09 bits per heavy atom. The van der Waals surface area contributed by atoms with Crippen molar-refractivity contribution < 1.29 is 22.7 Å². The molecule has 5 rings (SSSR count). The van der Waals surface area contributed by atoms with Crippen molar-refractivity contribution >= 4 is 22.6 Å². The molecule has 0 unspecified atom stereocenters. The number of hydrazine groups is 1. The molecule has 1 N–H and O–H groups in total. The highest BCUT2D eigenvalue weighted by atomic mass is 19.2. The minimum absolute atomic E-state index is 0.152. The molecule has 0 saturated carbocycles. The predicted molar refractivity (Wildman–Crippen MR) is 120 cm³/mol. The third kappa shape index (κ3) is 3.60. The minimum atomic E-state index is -1.33. The van der Waals surface area contributed by atoms with Crippen molar-refractivity contribution in [1.29, 1.82) is 0 Å². The Kier molecular flexibility index (Phi) is 5.35. The van der Waals surface area contributed by atoms with Gasteiger partial charge in [-0.05, 0) is 35.7 Å². The van der Waals surface area contributed by atoms with Crippen molar-refractivity contribution in [3.63, 3.8) is 0 Å². The molecule has 1 aromatic heterocycles. The third-order valence-electron chi connectivity index (χ3n) is 5.65. The van der Waals surface area contributed by atoms with E-state index in [-0.39, 0.29) is 11.8 Å². The third-order valence-corrected chi connectivity index (χ3v) is 5.65. The Morgan fingerprint density at radius 2 is 1.88 bits per heavy atom. The van der Waals surface area contributed by atoms with Crippen molar-refractivity contribution in [2.75, 3.05) is 18.2 Å². The summed E-state index contributed by atoms with van der Waals surface area (Å²) >= 11 is 0. The van der Waals surface area contributed by atoms with Crippen LogP contribution in [0, 0.1) is 17.5 Å². The molecule has 7 nitrogen and oxygen atoms in total. The Morgan fingerprint density at radius 3 is 2.68 bits per heavy atom. The quantitative estimate of drug-likeness (QED) is 0.448. The highest BCUT2D eigenvalue weighted by Gasteiger charge is 2.25. The maximum absolute atomic E-state index is 14.4. The molecular formula is C24H20F3N5O2. The number of hydrogen-bond acceptors (Lipinski definition) is 5. The second kappa shape index (κ2) is 8.36. The highest BCUT2D eigenvalue weighted by Crippen LogP contribution is 2.32. The number of para-hydroxylation sites is 2. The molecule has 2 heterocycles. The van der Waals surface area contributed by atoms with Gasteiger partial charge in [0.1, 0.15) is 29.4 Å². The van der Waals surface area contributed by atoms with E-state index in [0.29, 0.717) is 47.1 Å². The van der Waals surface area contributed by atoms with E-state index >= 15 is 0 Å². The summed E-state index contributed by atoms with van der Waals surface area (Å²) in [5, 5.41) is 9.78. The van der Waals surface area contributed by atoms with E-state index in [0.717, 1.165) is 16.4 Å². The van der Waals surface area contributed by atoms with Gasteiger partial charge in [-0.3, -0.25) is 15.2 Å². The molecule has 4 aromatic rings. The number of aromatic nitrogens is 3. The maximum Gasteiger partial charge on any atom is 0.270 e. The molecule has 174 valence electrons. The lowest BCUT2D eigenvalue weighted by Crippen LogP contribution is -2.46. The van der Waals surface area contributed by atoms with E-state index in [9.17, 15) is 18.0 Å². The number of carbonyl (C=O) groups is 1. The number of carbonyl (C=O) groups excluding carboxylic acids is 1. The SMILES string of the molecule is CC(C)c1c(C(=O)NN2CCOc3ccccc32)ccc2c1nnn2-c1cc(F)cc(F)c1F. The molecule has 0 spiro atoms. The molecule has 0 fully saturated rings. The fourth-order valence-corrected chi connectivity index (χ4v) is 4.14. The van der Waals surface area contributed by atoms with E-state index in [1.54, 1.807) is 11.1 Å². The number of rotatable bonds is 4. The number of anilines is 1. The highest BCUT2D eigenvalue weighted by molar-refractivity contribution is 6.01. The van der Waals surface area contributed by atoms with Crippen LogP contribution in [0.15, 0.2) is 48.5 Å². The van der Waals surface area contributed by atoms with Crippen molar-refractivity contribution in [3.05, 3.63) is 77.1 Å². The summed E-state index contributed by atoms with van der Waals surface area (Å²) in [6.45, 7) is 4.65. The van der Waals surface area contributed by atoms with Crippen molar-refractivity contribution in [1.82, 2.24) is 20.4 Å². The lowest BCUT2D eigenvalue weighted by molar-refractivity contribution is 0.0944. The van der Waals surface area contributed by atoms with Gasteiger partial charge in [0.2, 0.25) is 0 Å². The average Bonchev–Trinajstić information content (AvgIpc) is 3.24. The lowest BCUT2D eigenvalue weighted by atomic mass is 9.95. The van der Waals surface area contributed by atoms with Crippen LogP contribution in [0.4, 0.5) is 18.9 Å². The Bertz CT molecular complexity index is 1420.